The minimum Gasteiger partial charge on any atom is -0.479 e. The summed E-state index contributed by atoms with van der Waals surface area (Å²) in [6, 6.07) is 17.9. The number of carbonyl (C=O) groups excluding carboxylic acids is 2. The highest BCUT2D eigenvalue weighted by atomic mass is 16.5. The third kappa shape index (κ3) is 3.82. The van der Waals surface area contributed by atoms with Crippen molar-refractivity contribution in [1.82, 2.24) is 4.90 Å². The Morgan fingerprint density at radius 3 is 2.56 bits per heavy atom. The number of fused-ring (bicyclic) bond motifs is 1. The number of carbonyl (C=O) groups is 2. The first-order valence-corrected chi connectivity index (χ1v) is 9.54. The third-order valence-electron chi connectivity index (χ3n) is 5.13. The van der Waals surface area contributed by atoms with Crippen LogP contribution in [0.5, 0.6) is 5.75 Å². The number of anilines is 1. The first-order chi connectivity index (χ1) is 13.1. The van der Waals surface area contributed by atoms with Gasteiger partial charge in [0, 0.05) is 25.6 Å². The van der Waals surface area contributed by atoms with Gasteiger partial charge in [-0.25, -0.2) is 0 Å². The van der Waals surface area contributed by atoms with Gasteiger partial charge in [-0.1, -0.05) is 42.5 Å². The molecule has 0 aromatic heterocycles. The lowest BCUT2D eigenvalue weighted by molar-refractivity contribution is -0.132. The van der Waals surface area contributed by atoms with Crippen molar-refractivity contribution in [1.29, 1.82) is 0 Å². The number of hydrogen-bond acceptors (Lipinski definition) is 3. The zero-order valence-electron chi connectivity index (χ0n) is 15.5. The van der Waals surface area contributed by atoms with E-state index < -0.39 is 6.10 Å². The fraction of sp³-hybridized carbons (Fsp3) is 0.364. The minimum absolute atomic E-state index is 0.0949. The van der Waals surface area contributed by atoms with Crippen molar-refractivity contribution in [3.63, 3.8) is 0 Å². The summed E-state index contributed by atoms with van der Waals surface area (Å²) < 4.78 is 5.67. The van der Waals surface area contributed by atoms with Crippen LogP contribution in [0.1, 0.15) is 31.7 Å². The Hall–Kier alpha value is -2.82. The van der Waals surface area contributed by atoms with Crippen molar-refractivity contribution in [2.24, 2.45) is 0 Å². The van der Waals surface area contributed by atoms with E-state index in [1.54, 1.807) is 11.8 Å². The van der Waals surface area contributed by atoms with Gasteiger partial charge in [-0.3, -0.25) is 9.59 Å². The van der Waals surface area contributed by atoms with E-state index in [0.717, 1.165) is 24.1 Å². The van der Waals surface area contributed by atoms with Gasteiger partial charge in [0.05, 0.1) is 5.69 Å². The molecule has 2 aromatic carbocycles. The summed E-state index contributed by atoms with van der Waals surface area (Å²) in [7, 11) is 0. The third-order valence-corrected chi connectivity index (χ3v) is 5.13. The van der Waals surface area contributed by atoms with Crippen molar-refractivity contribution in [2.75, 3.05) is 11.4 Å². The van der Waals surface area contributed by atoms with Gasteiger partial charge in [0.1, 0.15) is 5.75 Å². The first-order valence-electron chi connectivity index (χ1n) is 9.54. The molecule has 1 saturated carbocycles. The highest BCUT2D eigenvalue weighted by Crippen LogP contribution is 2.34. The molecule has 0 N–H and O–H groups in total. The summed E-state index contributed by atoms with van der Waals surface area (Å²) in [5.74, 6) is 0.702. The molecule has 1 aliphatic carbocycles. The van der Waals surface area contributed by atoms with Crippen LogP contribution in [-0.2, 0) is 16.1 Å². The van der Waals surface area contributed by atoms with Crippen LogP contribution in [0.25, 0.3) is 0 Å². The Labute approximate surface area is 159 Å². The zero-order chi connectivity index (χ0) is 18.8. The zero-order valence-corrected chi connectivity index (χ0v) is 15.5. The largest absolute Gasteiger partial charge is 0.479 e. The molecule has 5 nitrogen and oxygen atoms in total. The minimum atomic E-state index is -0.529. The maximum Gasteiger partial charge on any atom is 0.267 e. The number of ether oxygens (including phenoxy) is 1. The van der Waals surface area contributed by atoms with Gasteiger partial charge in [0.25, 0.3) is 5.91 Å². The second-order valence-electron chi connectivity index (χ2n) is 7.21. The van der Waals surface area contributed by atoms with Crippen LogP contribution in [0.3, 0.4) is 0 Å². The van der Waals surface area contributed by atoms with Gasteiger partial charge in [-0.05, 0) is 37.5 Å². The average Bonchev–Trinajstić information content (AvgIpc) is 3.52. The molecule has 140 valence electrons. The SMILES string of the molecule is CC1Oc2ccccc2N(CCC(=O)N(Cc2ccccc2)C2CC2)C1=O. The van der Waals surface area contributed by atoms with Crippen molar-refractivity contribution in [3.05, 3.63) is 60.2 Å². The lowest BCUT2D eigenvalue weighted by Gasteiger charge is -2.33. The lowest BCUT2D eigenvalue weighted by Crippen LogP contribution is -2.46. The lowest BCUT2D eigenvalue weighted by atomic mass is 10.1. The van der Waals surface area contributed by atoms with Crippen LogP contribution in [0.4, 0.5) is 5.69 Å². The predicted octanol–water partition coefficient (Wildman–Crippen LogP) is 3.38. The molecule has 2 aliphatic rings. The molecule has 1 unspecified atom stereocenters. The van der Waals surface area contributed by atoms with E-state index in [9.17, 15) is 9.59 Å². The second-order valence-corrected chi connectivity index (χ2v) is 7.21. The molecule has 2 aromatic rings. The highest BCUT2D eigenvalue weighted by molar-refractivity contribution is 6.00. The second kappa shape index (κ2) is 7.43. The summed E-state index contributed by atoms with van der Waals surface area (Å²) in [4.78, 5) is 29.2. The van der Waals surface area contributed by atoms with Crippen molar-refractivity contribution < 1.29 is 14.3 Å². The molecule has 0 radical (unpaired) electrons. The predicted molar refractivity (Wildman–Crippen MR) is 104 cm³/mol. The van der Waals surface area contributed by atoms with Gasteiger partial charge in [0.15, 0.2) is 6.10 Å². The van der Waals surface area contributed by atoms with Crippen LogP contribution in [0.2, 0.25) is 0 Å². The monoisotopic (exact) mass is 364 g/mol. The van der Waals surface area contributed by atoms with E-state index in [0.29, 0.717) is 31.3 Å². The van der Waals surface area contributed by atoms with Crippen molar-refractivity contribution in [3.8, 4) is 5.75 Å². The molecule has 1 heterocycles. The van der Waals surface area contributed by atoms with Crippen molar-refractivity contribution >= 4 is 17.5 Å². The van der Waals surface area contributed by atoms with E-state index >= 15 is 0 Å². The number of amides is 2. The first kappa shape index (κ1) is 17.6. The Morgan fingerprint density at radius 1 is 1.11 bits per heavy atom. The maximum absolute atomic E-state index is 12.9. The molecule has 4 rings (SSSR count). The quantitative estimate of drug-likeness (QED) is 0.790. The Kier molecular flexibility index (Phi) is 4.84. The van der Waals surface area contributed by atoms with Crippen LogP contribution >= 0.6 is 0 Å². The molecule has 0 saturated heterocycles. The number of benzene rings is 2. The normalized spacial score (nSPS) is 18.6. The number of rotatable bonds is 6. The topological polar surface area (TPSA) is 49.9 Å². The summed E-state index contributed by atoms with van der Waals surface area (Å²) in [6.45, 7) is 2.76. The summed E-state index contributed by atoms with van der Waals surface area (Å²) >= 11 is 0. The number of hydrogen-bond donors (Lipinski definition) is 0. The maximum atomic E-state index is 12.9. The summed E-state index contributed by atoms with van der Waals surface area (Å²) in [6.07, 6.45) is 1.92. The molecular weight excluding hydrogens is 340 g/mol. The molecule has 0 spiro atoms. The molecule has 1 fully saturated rings. The number of nitrogens with zero attached hydrogens (tertiary/aromatic N) is 2. The molecule has 2 amide bonds. The average molecular weight is 364 g/mol. The fourth-order valence-corrected chi connectivity index (χ4v) is 3.53. The van der Waals surface area contributed by atoms with E-state index in [1.807, 2.05) is 59.5 Å². The van der Waals surface area contributed by atoms with Crippen LogP contribution in [-0.4, -0.2) is 35.4 Å². The van der Waals surface area contributed by atoms with Crippen LogP contribution in [0.15, 0.2) is 54.6 Å². The van der Waals surface area contributed by atoms with Gasteiger partial charge < -0.3 is 14.5 Å². The van der Waals surface area contributed by atoms with Crippen LogP contribution in [0, 0.1) is 0 Å². The van der Waals surface area contributed by atoms with Crippen LogP contribution < -0.4 is 9.64 Å². The van der Waals surface area contributed by atoms with Crippen molar-refractivity contribution in [2.45, 2.75) is 44.9 Å². The van der Waals surface area contributed by atoms with E-state index in [2.05, 4.69) is 0 Å². The van der Waals surface area contributed by atoms with Gasteiger partial charge >= 0.3 is 0 Å². The highest BCUT2D eigenvalue weighted by Gasteiger charge is 2.34. The van der Waals surface area contributed by atoms with E-state index in [1.165, 1.54) is 0 Å². The standard InChI is InChI=1S/C22H24N2O3/c1-16-22(26)23(19-9-5-6-10-20(19)27-16)14-13-21(25)24(18-11-12-18)15-17-7-3-2-4-8-17/h2-10,16,18H,11-15H2,1H3. The van der Waals surface area contributed by atoms with E-state index in [4.69, 9.17) is 4.74 Å². The fourth-order valence-electron chi connectivity index (χ4n) is 3.53. The summed E-state index contributed by atoms with van der Waals surface area (Å²) in [5.41, 5.74) is 1.88. The van der Waals surface area contributed by atoms with E-state index in [-0.39, 0.29) is 11.8 Å². The van der Waals surface area contributed by atoms with Gasteiger partial charge in [-0.15, -0.1) is 0 Å². The molecular formula is C22H24N2O3. The Morgan fingerprint density at radius 2 is 1.81 bits per heavy atom. The Bertz CT molecular complexity index is 832. The molecule has 5 heteroatoms. The Balaban J connectivity index is 1.45. The number of para-hydroxylation sites is 2. The molecule has 0 bridgehead atoms. The molecule has 27 heavy (non-hydrogen) atoms. The molecule has 1 aliphatic heterocycles. The summed E-state index contributed by atoms with van der Waals surface area (Å²) in [5, 5.41) is 0. The molecule has 1 atom stereocenters. The van der Waals surface area contributed by atoms with Gasteiger partial charge in [-0.2, -0.15) is 0 Å². The smallest absolute Gasteiger partial charge is 0.267 e. The van der Waals surface area contributed by atoms with Gasteiger partial charge in [0.2, 0.25) is 5.91 Å².